The number of rotatable bonds is 6. The molecule has 0 fully saturated rings. The van der Waals surface area contributed by atoms with Gasteiger partial charge in [0.15, 0.2) is 5.96 Å². The molecule has 76 valence electrons. The quantitative estimate of drug-likeness (QED) is 0.385. The van der Waals surface area contributed by atoms with Crippen molar-refractivity contribution >= 4 is 11.9 Å². The van der Waals surface area contributed by atoms with Crippen LogP contribution < -0.4 is 11.5 Å². The van der Waals surface area contributed by atoms with Crippen molar-refractivity contribution in [3.8, 4) is 0 Å². The molecule has 0 aromatic heterocycles. The van der Waals surface area contributed by atoms with Gasteiger partial charge in [0.2, 0.25) is 0 Å². The summed E-state index contributed by atoms with van der Waals surface area (Å²) >= 11 is 0. The highest BCUT2D eigenvalue weighted by Gasteiger charge is 2.04. The van der Waals surface area contributed by atoms with E-state index in [-0.39, 0.29) is 25.2 Å². The second-order valence-corrected chi connectivity index (χ2v) is 2.62. The van der Waals surface area contributed by atoms with Gasteiger partial charge in [-0.2, -0.15) is 0 Å². The van der Waals surface area contributed by atoms with Crippen LogP contribution in [0.4, 0.5) is 0 Å². The van der Waals surface area contributed by atoms with E-state index in [2.05, 4.69) is 4.99 Å². The number of hydrogen-bond acceptors (Lipinski definition) is 3. The SMILES string of the molecule is CC(CCC(=O)O)OCN=C(N)N. The van der Waals surface area contributed by atoms with Gasteiger partial charge in [0, 0.05) is 6.42 Å². The average Bonchev–Trinajstić information content (AvgIpc) is 2.00. The number of nitrogens with two attached hydrogens (primary N) is 2. The summed E-state index contributed by atoms with van der Waals surface area (Å²) in [5.74, 6) is -0.872. The summed E-state index contributed by atoms with van der Waals surface area (Å²) in [4.78, 5) is 13.8. The fourth-order valence-corrected chi connectivity index (χ4v) is 0.649. The van der Waals surface area contributed by atoms with Gasteiger partial charge in [-0.3, -0.25) is 4.79 Å². The van der Waals surface area contributed by atoms with Crippen molar-refractivity contribution in [3.63, 3.8) is 0 Å². The second kappa shape index (κ2) is 6.24. The molecular formula is C7H15N3O3. The van der Waals surface area contributed by atoms with Crippen molar-refractivity contribution < 1.29 is 14.6 Å². The van der Waals surface area contributed by atoms with Gasteiger partial charge in [-0.25, -0.2) is 4.99 Å². The zero-order valence-corrected chi connectivity index (χ0v) is 7.56. The third kappa shape index (κ3) is 8.61. The molecular weight excluding hydrogens is 174 g/mol. The van der Waals surface area contributed by atoms with E-state index in [1.54, 1.807) is 6.92 Å². The van der Waals surface area contributed by atoms with Gasteiger partial charge in [-0.1, -0.05) is 0 Å². The molecule has 0 aliphatic carbocycles. The Kier molecular flexibility index (Phi) is 5.62. The molecule has 0 saturated carbocycles. The fraction of sp³-hybridized carbons (Fsp3) is 0.714. The highest BCUT2D eigenvalue weighted by Crippen LogP contribution is 2.00. The minimum absolute atomic E-state index is 0.0366. The van der Waals surface area contributed by atoms with Crippen molar-refractivity contribution in [2.45, 2.75) is 25.9 Å². The lowest BCUT2D eigenvalue weighted by atomic mass is 10.2. The summed E-state index contributed by atoms with van der Waals surface area (Å²) in [7, 11) is 0. The number of aliphatic imine (C=N–C) groups is 1. The maximum absolute atomic E-state index is 10.2. The normalized spacial score (nSPS) is 12.1. The van der Waals surface area contributed by atoms with E-state index in [0.29, 0.717) is 6.42 Å². The lowest BCUT2D eigenvalue weighted by molar-refractivity contribution is -0.137. The van der Waals surface area contributed by atoms with E-state index in [1.165, 1.54) is 0 Å². The molecule has 0 heterocycles. The summed E-state index contributed by atoms with van der Waals surface area (Å²) in [5.41, 5.74) is 10.1. The van der Waals surface area contributed by atoms with Crippen LogP contribution in [0.25, 0.3) is 0 Å². The Morgan fingerprint density at radius 3 is 2.69 bits per heavy atom. The van der Waals surface area contributed by atoms with Gasteiger partial charge >= 0.3 is 5.97 Å². The molecule has 0 aromatic rings. The molecule has 0 bridgehead atoms. The number of carboxylic acid groups (broad SMARTS) is 1. The Hall–Kier alpha value is -1.30. The minimum atomic E-state index is -0.836. The standard InChI is InChI=1S/C7H15N3O3/c1-5(2-3-6(11)12)13-4-10-7(8)9/h5H,2-4H2,1H3,(H,11,12)(H4,8,9,10). The molecule has 0 saturated heterocycles. The molecule has 6 nitrogen and oxygen atoms in total. The summed E-state index contributed by atoms with van der Waals surface area (Å²) in [5, 5.41) is 8.35. The highest BCUT2D eigenvalue weighted by atomic mass is 16.5. The van der Waals surface area contributed by atoms with Crippen molar-refractivity contribution in [2.24, 2.45) is 16.5 Å². The molecule has 1 atom stereocenters. The molecule has 0 radical (unpaired) electrons. The molecule has 1 unspecified atom stereocenters. The van der Waals surface area contributed by atoms with E-state index in [1.807, 2.05) is 0 Å². The first kappa shape index (κ1) is 11.7. The molecule has 0 aliphatic heterocycles. The number of carboxylic acids is 1. The summed E-state index contributed by atoms with van der Waals surface area (Å²) in [6.45, 7) is 1.84. The number of nitrogens with zero attached hydrogens (tertiary/aromatic N) is 1. The lowest BCUT2D eigenvalue weighted by Gasteiger charge is -2.08. The highest BCUT2D eigenvalue weighted by molar-refractivity contribution is 5.75. The Labute approximate surface area is 76.6 Å². The van der Waals surface area contributed by atoms with E-state index < -0.39 is 5.97 Å². The molecule has 13 heavy (non-hydrogen) atoms. The van der Waals surface area contributed by atoms with Gasteiger partial charge in [-0.15, -0.1) is 0 Å². The van der Waals surface area contributed by atoms with Gasteiger partial charge in [-0.05, 0) is 13.3 Å². The lowest BCUT2D eigenvalue weighted by Crippen LogP contribution is -2.24. The van der Waals surface area contributed by atoms with Crippen LogP contribution in [0.5, 0.6) is 0 Å². The minimum Gasteiger partial charge on any atom is -0.481 e. The Balaban J connectivity index is 3.46. The van der Waals surface area contributed by atoms with Gasteiger partial charge in [0.05, 0.1) is 6.10 Å². The number of hydrogen-bond donors (Lipinski definition) is 3. The largest absolute Gasteiger partial charge is 0.481 e. The van der Waals surface area contributed by atoms with E-state index in [9.17, 15) is 4.79 Å². The number of carbonyl (C=O) groups is 1. The first-order valence-electron chi connectivity index (χ1n) is 3.91. The van der Waals surface area contributed by atoms with E-state index in [4.69, 9.17) is 21.3 Å². The van der Waals surface area contributed by atoms with Crippen molar-refractivity contribution in [1.29, 1.82) is 0 Å². The zero-order valence-electron chi connectivity index (χ0n) is 7.56. The molecule has 0 aliphatic rings. The monoisotopic (exact) mass is 189 g/mol. The number of ether oxygens (including phenoxy) is 1. The third-order valence-electron chi connectivity index (χ3n) is 1.37. The van der Waals surface area contributed by atoms with Crippen molar-refractivity contribution in [3.05, 3.63) is 0 Å². The molecule has 0 spiro atoms. The fourth-order valence-electron chi connectivity index (χ4n) is 0.649. The molecule has 6 heteroatoms. The molecule has 0 aromatic carbocycles. The van der Waals surface area contributed by atoms with Gasteiger partial charge in [0.25, 0.3) is 0 Å². The predicted molar refractivity (Wildman–Crippen MR) is 48.1 cm³/mol. The number of aliphatic carboxylic acids is 1. The second-order valence-electron chi connectivity index (χ2n) is 2.62. The molecule has 0 rings (SSSR count). The smallest absolute Gasteiger partial charge is 0.303 e. The Morgan fingerprint density at radius 2 is 2.23 bits per heavy atom. The first-order chi connectivity index (χ1) is 6.02. The van der Waals surface area contributed by atoms with Crippen LogP contribution >= 0.6 is 0 Å². The van der Waals surface area contributed by atoms with Crippen LogP contribution in [0.15, 0.2) is 4.99 Å². The Bertz CT molecular complexity index is 189. The molecule has 5 N–H and O–H groups in total. The third-order valence-corrected chi connectivity index (χ3v) is 1.37. The van der Waals surface area contributed by atoms with Crippen LogP contribution in [0.1, 0.15) is 19.8 Å². The van der Waals surface area contributed by atoms with Crippen molar-refractivity contribution in [2.75, 3.05) is 6.73 Å². The predicted octanol–water partition coefficient (Wildman–Crippen LogP) is -0.513. The van der Waals surface area contributed by atoms with E-state index in [0.717, 1.165) is 0 Å². The number of guanidine groups is 1. The van der Waals surface area contributed by atoms with E-state index >= 15 is 0 Å². The van der Waals surface area contributed by atoms with Crippen LogP contribution in [-0.4, -0.2) is 29.9 Å². The van der Waals surface area contributed by atoms with Crippen molar-refractivity contribution in [1.82, 2.24) is 0 Å². The van der Waals surface area contributed by atoms with Crippen LogP contribution in [0.3, 0.4) is 0 Å². The maximum Gasteiger partial charge on any atom is 0.303 e. The average molecular weight is 189 g/mol. The zero-order chi connectivity index (χ0) is 10.3. The maximum atomic E-state index is 10.2. The van der Waals surface area contributed by atoms with Crippen LogP contribution in [0.2, 0.25) is 0 Å². The Morgan fingerprint density at radius 1 is 1.62 bits per heavy atom. The van der Waals surface area contributed by atoms with Gasteiger partial charge in [0.1, 0.15) is 6.73 Å². The van der Waals surface area contributed by atoms with Gasteiger partial charge < -0.3 is 21.3 Å². The van der Waals surface area contributed by atoms with Crippen LogP contribution in [-0.2, 0) is 9.53 Å². The summed E-state index contributed by atoms with van der Waals surface area (Å²) < 4.78 is 5.09. The molecule has 0 amide bonds. The first-order valence-corrected chi connectivity index (χ1v) is 3.91. The topological polar surface area (TPSA) is 111 Å². The summed E-state index contributed by atoms with van der Waals surface area (Å²) in [6, 6.07) is 0. The van der Waals surface area contributed by atoms with Crippen LogP contribution in [0, 0.1) is 0 Å². The summed E-state index contributed by atoms with van der Waals surface area (Å²) in [6.07, 6.45) is 0.386.